The Morgan fingerprint density at radius 3 is 2.40 bits per heavy atom. The molecule has 0 aliphatic heterocycles. The van der Waals surface area contributed by atoms with Crippen molar-refractivity contribution in [1.82, 2.24) is 0 Å². The van der Waals surface area contributed by atoms with Crippen LogP contribution in [0.3, 0.4) is 0 Å². The molecule has 0 amide bonds. The van der Waals surface area contributed by atoms with E-state index in [4.69, 9.17) is 4.74 Å². The second-order valence-corrected chi connectivity index (χ2v) is 5.59. The third kappa shape index (κ3) is 3.32. The van der Waals surface area contributed by atoms with E-state index in [1.54, 1.807) is 6.07 Å². The molecule has 0 unspecified atom stereocenters. The molecule has 0 radical (unpaired) electrons. The van der Waals surface area contributed by atoms with Crippen LogP contribution in [0.25, 0.3) is 0 Å². The molecule has 102 valence electrons. The number of carbonyl (C=O) groups is 2. The van der Waals surface area contributed by atoms with Gasteiger partial charge in [-0.3, -0.25) is 4.79 Å². The highest BCUT2D eigenvalue weighted by molar-refractivity contribution is 9.11. The molecule has 0 saturated carbocycles. The van der Waals surface area contributed by atoms with Crippen molar-refractivity contribution in [2.24, 2.45) is 0 Å². The molecule has 0 bridgehead atoms. The summed E-state index contributed by atoms with van der Waals surface area (Å²) in [5, 5.41) is 0. The molecule has 0 atom stereocenters. The lowest BCUT2D eigenvalue weighted by molar-refractivity contribution is 0.0732. The summed E-state index contributed by atoms with van der Waals surface area (Å²) in [7, 11) is 0. The van der Waals surface area contributed by atoms with Gasteiger partial charge in [0.25, 0.3) is 0 Å². The molecule has 0 saturated heterocycles. The molecule has 2 aromatic carbocycles. The fourth-order valence-electron chi connectivity index (χ4n) is 1.51. The van der Waals surface area contributed by atoms with E-state index >= 15 is 0 Å². The second-order valence-electron chi connectivity index (χ2n) is 3.82. The van der Waals surface area contributed by atoms with Gasteiger partial charge in [-0.15, -0.1) is 0 Å². The van der Waals surface area contributed by atoms with Crippen molar-refractivity contribution in [3.05, 3.63) is 62.3 Å². The minimum atomic E-state index is -0.670. The number of aldehydes is 1. The third-order valence-electron chi connectivity index (χ3n) is 2.44. The average molecular weight is 402 g/mol. The van der Waals surface area contributed by atoms with E-state index in [9.17, 15) is 14.0 Å². The van der Waals surface area contributed by atoms with Gasteiger partial charge < -0.3 is 4.74 Å². The van der Waals surface area contributed by atoms with Gasteiger partial charge in [-0.25, -0.2) is 9.18 Å². The van der Waals surface area contributed by atoms with Crippen molar-refractivity contribution >= 4 is 44.1 Å². The molecule has 20 heavy (non-hydrogen) atoms. The molecule has 0 spiro atoms. The van der Waals surface area contributed by atoms with E-state index in [-0.39, 0.29) is 16.9 Å². The summed E-state index contributed by atoms with van der Waals surface area (Å²) in [6.45, 7) is 0. The number of halogens is 3. The smallest absolute Gasteiger partial charge is 0.343 e. The number of hydrogen-bond donors (Lipinski definition) is 0. The maximum atomic E-state index is 12.8. The van der Waals surface area contributed by atoms with Crippen LogP contribution in [0.4, 0.5) is 4.39 Å². The van der Waals surface area contributed by atoms with Crippen molar-refractivity contribution in [3.63, 3.8) is 0 Å². The van der Waals surface area contributed by atoms with E-state index in [2.05, 4.69) is 31.9 Å². The number of benzene rings is 2. The zero-order valence-corrected chi connectivity index (χ0v) is 13.1. The van der Waals surface area contributed by atoms with Gasteiger partial charge in [0, 0.05) is 4.47 Å². The SMILES string of the molecule is O=Cc1cc(Br)cc(Br)c1OC(=O)c1ccc(F)cc1. The summed E-state index contributed by atoms with van der Waals surface area (Å²) in [4.78, 5) is 22.9. The van der Waals surface area contributed by atoms with Crippen molar-refractivity contribution in [2.45, 2.75) is 0 Å². The quantitative estimate of drug-likeness (QED) is 0.435. The van der Waals surface area contributed by atoms with Gasteiger partial charge in [0.2, 0.25) is 0 Å². The van der Waals surface area contributed by atoms with Crippen LogP contribution in [-0.4, -0.2) is 12.3 Å². The zero-order chi connectivity index (χ0) is 14.7. The molecule has 0 aliphatic rings. The van der Waals surface area contributed by atoms with Crippen LogP contribution in [0.1, 0.15) is 20.7 Å². The summed E-state index contributed by atoms with van der Waals surface area (Å²) in [6, 6.07) is 8.13. The van der Waals surface area contributed by atoms with E-state index in [0.29, 0.717) is 15.2 Å². The van der Waals surface area contributed by atoms with Crippen LogP contribution in [-0.2, 0) is 0 Å². The Bertz CT molecular complexity index is 669. The standard InChI is InChI=1S/C14H7Br2FO3/c15-10-5-9(7-18)13(12(16)6-10)20-14(19)8-1-3-11(17)4-2-8/h1-7H. The normalized spacial score (nSPS) is 10.2. The number of ether oxygens (including phenoxy) is 1. The molecule has 0 fully saturated rings. The molecular weight excluding hydrogens is 395 g/mol. The van der Waals surface area contributed by atoms with Gasteiger partial charge in [0.15, 0.2) is 12.0 Å². The molecule has 0 aromatic heterocycles. The van der Waals surface area contributed by atoms with Crippen molar-refractivity contribution in [1.29, 1.82) is 0 Å². The Hall–Kier alpha value is -1.53. The monoisotopic (exact) mass is 400 g/mol. The van der Waals surface area contributed by atoms with Crippen LogP contribution in [0, 0.1) is 5.82 Å². The Kier molecular flexibility index (Phi) is 4.67. The molecule has 6 heteroatoms. The topological polar surface area (TPSA) is 43.4 Å². The Morgan fingerprint density at radius 1 is 1.15 bits per heavy atom. The molecule has 0 heterocycles. The zero-order valence-electron chi connectivity index (χ0n) is 9.90. The van der Waals surface area contributed by atoms with Crippen LogP contribution >= 0.6 is 31.9 Å². The van der Waals surface area contributed by atoms with Crippen molar-refractivity contribution in [3.8, 4) is 5.75 Å². The summed E-state index contributed by atoms with van der Waals surface area (Å²) in [5.41, 5.74) is 0.416. The molecule has 0 N–H and O–H groups in total. The second kappa shape index (κ2) is 6.28. The highest BCUT2D eigenvalue weighted by atomic mass is 79.9. The fourth-order valence-corrected chi connectivity index (χ4v) is 2.85. The molecule has 3 nitrogen and oxygen atoms in total. The van der Waals surface area contributed by atoms with E-state index in [1.165, 1.54) is 18.2 Å². The number of hydrogen-bond acceptors (Lipinski definition) is 3. The van der Waals surface area contributed by atoms with Gasteiger partial charge in [-0.1, -0.05) is 15.9 Å². The van der Waals surface area contributed by atoms with Crippen molar-refractivity contribution in [2.75, 3.05) is 0 Å². The lowest BCUT2D eigenvalue weighted by Gasteiger charge is -2.09. The van der Waals surface area contributed by atoms with Crippen molar-refractivity contribution < 1.29 is 18.7 Å². The minimum absolute atomic E-state index is 0.123. The van der Waals surface area contributed by atoms with Gasteiger partial charge in [-0.05, 0) is 52.3 Å². The first-order valence-corrected chi connectivity index (χ1v) is 7.02. The maximum absolute atomic E-state index is 12.8. The van der Waals surface area contributed by atoms with Gasteiger partial charge >= 0.3 is 5.97 Å². The Morgan fingerprint density at radius 2 is 1.80 bits per heavy atom. The van der Waals surface area contributed by atoms with Gasteiger partial charge in [0.1, 0.15) is 5.82 Å². The first-order valence-electron chi connectivity index (χ1n) is 5.43. The fraction of sp³-hybridized carbons (Fsp3) is 0. The number of carbonyl (C=O) groups excluding carboxylic acids is 2. The lowest BCUT2D eigenvalue weighted by atomic mass is 10.2. The first-order chi connectivity index (χ1) is 9.51. The van der Waals surface area contributed by atoms with Gasteiger partial charge in [0.05, 0.1) is 15.6 Å². The summed E-state index contributed by atoms with van der Waals surface area (Å²) >= 11 is 6.46. The molecular formula is C14H7Br2FO3. The summed E-state index contributed by atoms with van der Waals surface area (Å²) in [6.07, 6.45) is 0.586. The van der Waals surface area contributed by atoms with Crippen LogP contribution in [0.5, 0.6) is 5.75 Å². The van der Waals surface area contributed by atoms with E-state index in [0.717, 1.165) is 12.1 Å². The molecule has 0 aliphatic carbocycles. The van der Waals surface area contributed by atoms with Gasteiger partial charge in [-0.2, -0.15) is 0 Å². The summed E-state index contributed by atoms with van der Waals surface area (Å²) < 4.78 is 19.1. The third-order valence-corrected chi connectivity index (χ3v) is 3.49. The van der Waals surface area contributed by atoms with Crippen LogP contribution < -0.4 is 4.74 Å². The Labute approximate surface area is 131 Å². The highest BCUT2D eigenvalue weighted by Crippen LogP contribution is 2.32. The average Bonchev–Trinajstić information content (AvgIpc) is 2.42. The van der Waals surface area contributed by atoms with Crippen LogP contribution in [0.15, 0.2) is 45.3 Å². The molecule has 2 rings (SSSR count). The van der Waals surface area contributed by atoms with E-state index in [1.807, 2.05) is 0 Å². The number of esters is 1. The largest absolute Gasteiger partial charge is 0.421 e. The Balaban J connectivity index is 2.32. The maximum Gasteiger partial charge on any atom is 0.343 e. The predicted octanol–water partition coefficient (Wildman–Crippen LogP) is 4.38. The summed E-state index contributed by atoms with van der Waals surface area (Å²) in [5.74, 6) is -0.992. The van der Waals surface area contributed by atoms with E-state index < -0.39 is 11.8 Å². The molecule has 2 aromatic rings. The highest BCUT2D eigenvalue weighted by Gasteiger charge is 2.15. The predicted molar refractivity (Wildman–Crippen MR) is 78.6 cm³/mol. The minimum Gasteiger partial charge on any atom is -0.421 e. The lowest BCUT2D eigenvalue weighted by Crippen LogP contribution is -2.10. The van der Waals surface area contributed by atoms with Crippen LogP contribution in [0.2, 0.25) is 0 Å². The first kappa shape index (κ1) is 14.9. The number of rotatable bonds is 3.